The van der Waals surface area contributed by atoms with Gasteiger partial charge >= 0.3 is 0 Å². The number of nitrogens with zero attached hydrogens (tertiary/aromatic N) is 1. The highest BCUT2D eigenvalue weighted by Crippen LogP contribution is 2.24. The summed E-state index contributed by atoms with van der Waals surface area (Å²) in [6.07, 6.45) is 0. The second kappa shape index (κ2) is 5.21. The molecule has 2 N–H and O–H groups in total. The van der Waals surface area contributed by atoms with Gasteiger partial charge in [-0.15, -0.1) is 0 Å². The first kappa shape index (κ1) is 11.9. The van der Waals surface area contributed by atoms with Crippen LogP contribution in [0.2, 0.25) is 0 Å². The van der Waals surface area contributed by atoms with Crippen molar-refractivity contribution in [2.75, 3.05) is 30.3 Å². The first-order chi connectivity index (χ1) is 8.83. The molecule has 0 atom stereocenters. The van der Waals surface area contributed by atoms with Gasteiger partial charge in [0.05, 0.1) is 0 Å². The lowest BCUT2D eigenvalue weighted by Gasteiger charge is -2.26. The maximum absolute atomic E-state index is 6.17. The van der Waals surface area contributed by atoms with E-state index in [4.69, 9.17) is 5.73 Å². The number of nitrogen functional groups attached to an aromatic ring is 1. The molecule has 1 heterocycles. The quantitative estimate of drug-likeness (QED) is 0.840. The van der Waals surface area contributed by atoms with Gasteiger partial charge in [-0.25, -0.2) is 0 Å². The third-order valence-corrected chi connectivity index (χ3v) is 4.45. The Labute approximate surface area is 112 Å². The maximum Gasteiger partial charge on any atom is 0.0366 e. The lowest BCUT2D eigenvalue weighted by Crippen LogP contribution is -2.32. The van der Waals surface area contributed by atoms with E-state index in [1.165, 1.54) is 40.9 Å². The molecule has 1 saturated heterocycles. The smallest absolute Gasteiger partial charge is 0.0366 e. The molecule has 0 radical (unpaired) electrons. The van der Waals surface area contributed by atoms with Crippen molar-refractivity contribution in [2.45, 2.75) is 6.54 Å². The molecule has 0 bridgehead atoms. The summed E-state index contributed by atoms with van der Waals surface area (Å²) in [7, 11) is 0. The van der Waals surface area contributed by atoms with Crippen molar-refractivity contribution in [1.29, 1.82) is 0 Å². The van der Waals surface area contributed by atoms with Crippen molar-refractivity contribution in [3.8, 4) is 0 Å². The van der Waals surface area contributed by atoms with Crippen LogP contribution in [0.15, 0.2) is 36.4 Å². The fourth-order valence-corrected chi connectivity index (χ4v) is 3.42. The van der Waals surface area contributed by atoms with Crippen LogP contribution in [0, 0.1) is 0 Å². The summed E-state index contributed by atoms with van der Waals surface area (Å²) < 4.78 is 0. The summed E-state index contributed by atoms with van der Waals surface area (Å²) in [5.41, 5.74) is 8.36. The maximum atomic E-state index is 6.17. The van der Waals surface area contributed by atoms with Crippen molar-refractivity contribution in [3.05, 3.63) is 42.0 Å². The Hall–Kier alpha value is -1.19. The molecule has 0 amide bonds. The highest BCUT2D eigenvalue weighted by molar-refractivity contribution is 7.99. The molecular weight excluding hydrogens is 240 g/mol. The highest BCUT2D eigenvalue weighted by atomic mass is 32.2. The lowest BCUT2D eigenvalue weighted by atomic mass is 10.0. The average molecular weight is 258 g/mol. The van der Waals surface area contributed by atoms with Crippen molar-refractivity contribution in [3.63, 3.8) is 0 Å². The van der Waals surface area contributed by atoms with E-state index in [-0.39, 0.29) is 0 Å². The minimum absolute atomic E-state index is 0.923. The van der Waals surface area contributed by atoms with Crippen LogP contribution in [0.4, 0.5) is 5.69 Å². The summed E-state index contributed by atoms with van der Waals surface area (Å²) in [5.74, 6) is 2.49. The highest BCUT2D eigenvalue weighted by Gasteiger charge is 2.12. The summed E-state index contributed by atoms with van der Waals surface area (Å²) in [6.45, 7) is 3.34. The fraction of sp³-hybridized carbons (Fsp3) is 0.333. The second-order valence-corrected chi connectivity index (χ2v) is 6.01. The number of anilines is 1. The zero-order valence-corrected chi connectivity index (χ0v) is 11.2. The third-order valence-electron chi connectivity index (χ3n) is 3.51. The van der Waals surface area contributed by atoms with E-state index in [1.807, 2.05) is 11.8 Å². The molecule has 0 aliphatic carbocycles. The molecule has 3 rings (SSSR count). The van der Waals surface area contributed by atoms with Crippen LogP contribution in [0.1, 0.15) is 5.56 Å². The predicted molar refractivity (Wildman–Crippen MR) is 81.0 cm³/mol. The number of nitrogens with two attached hydrogens (primary N) is 1. The Morgan fingerprint density at radius 2 is 1.72 bits per heavy atom. The van der Waals surface area contributed by atoms with Crippen LogP contribution in [-0.4, -0.2) is 29.5 Å². The Bertz CT molecular complexity index is 547. The molecule has 1 aliphatic rings. The largest absolute Gasteiger partial charge is 0.398 e. The van der Waals surface area contributed by atoms with Gasteiger partial charge in [0.2, 0.25) is 0 Å². The van der Waals surface area contributed by atoms with E-state index in [0.29, 0.717) is 0 Å². The number of hydrogen-bond donors (Lipinski definition) is 1. The minimum Gasteiger partial charge on any atom is -0.398 e. The van der Waals surface area contributed by atoms with Crippen molar-refractivity contribution >= 4 is 28.2 Å². The minimum atomic E-state index is 0.923. The standard InChI is InChI=1S/C15H18N2S/c16-15-10-13-4-2-1-3-12(13)9-14(15)11-17-5-7-18-8-6-17/h1-4,9-10H,5-8,11,16H2. The Morgan fingerprint density at radius 3 is 2.44 bits per heavy atom. The van der Waals surface area contributed by atoms with Crippen LogP contribution in [0.3, 0.4) is 0 Å². The zero-order chi connectivity index (χ0) is 12.4. The van der Waals surface area contributed by atoms with Gasteiger partial charge < -0.3 is 5.73 Å². The van der Waals surface area contributed by atoms with Gasteiger partial charge in [0.1, 0.15) is 0 Å². The summed E-state index contributed by atoms with van der Waals surface area (Å²) >= 11 is 2.04. The fourth-order valence-electron chi connectivity index (χ4n) is 2.44. The summed E-state index contributed by atoms with van der Waals surface area (Å²) in [6, 6.07) is 12.8. The molecule has 3 heteroatoms. The van der Waals surface area contributed by atoms with Gasteiger partial charge in [-0.1, -0.05) is 24.3 Å². The number of hydrogen-bond acceptors (Lipinski definition) is 3. The van der Waals surface area contributed by atoms with Crippen LogP contribution < -0.4 is 5.73 Å². The van der Waals surface area contributed by atoms with E-state index >= 15 is 0 Å². The van der Waals surface area contributed by atoms with E-state index < -0.39 is 0 Å². The third kappa shape index (κ3) is 2.47. The van der Waals surface area contributed by atoms with Crippen LogP contribution in [0.5, 0.6) is 0 Å². The first-order valence-electron chi connectivity index (χ1n) is 6.40. The number of fused-ring (bicyclic) bond motifs is 1. The molecule has 1 aliphatic heterocycles. The van der Waals surface area contributed by atoms with Crippen LogP contribution in [0.25, 0.3) is 10.8 Å². The lowest BCUT2D eigenvalue weighted by molar-refractivity contribution is 0.295. The van der Waals surface area contributed by atoms with E-state index in [0.717, 1.165) is 12.2 Å². The number of thioether (sulfide) groups is 1. The van der Waals surface area contributed by atoms with Crippen LogP contribution in [-0.2, 0) is 6.54 Å². The molecule has 0 saturated carbocycles. The molecule has 1 fully saturated rings. The Balaban J connectivity index is 1.88. The van der Waals surface area contributed by atoms with E-state index in [2.05, 4.69) is 41.3 Å². The SMILES string of the molecule is Nc1cc2ccccc2cc1CN1CCSCC1. The molecule has 2 aromatic rings. The molecule has 2 aromatic carbocycles. The molecule has 0 aromatic heterocycles. The zero-order valence-electron chi connectivity index (χ0n) is 10.4. The van der Waals surface area contributed by atoms with Crippen molar-refractivity contribution < 1.29 is 0 Å². The summed E-state index contributed by atoms with van der Waals surface area (Å²) in [4.78, 5) is 2.50. The first-order valence-corrected chi connectivity index (χ1v) is 7.56. The average Bonchev–Trinajstić information content (AvgIpc) is 2.41. The van der Waals surface area contributed by atoms with Crippen molar-refractivity contribution in [1.82, 2.24) is 4.90 Å². The van der Waals surface area contributed by atoms with Gasteiger partial charge in [-0.05, 0) is 28.5 Å². The number of rotatable bonds is 2. The second-order valence-electron chi connectivity index (χ2n) is 4.79. The van der Waals surface area contributed by atoms with Gasteiger partial charge in [-0.3, -0.25) is 4.90 Å². The molecular formula is C15H18N2S. The van der Waals surface area contributed by atoms with Gasteiger partial charge in [0.25, 0.3) is 0 Å². The van der Waals surface area contributed by atoms with Gasteiger partial charge in [0, 0.05) is 36.8 Å². The molecule has 94 valence electrons. The Morgan fingerprint density at radius 1 is 1.06 bits per heavy atom. The molecule has 0 spiro atoms. The predicted octanol–water partition coefficient (Wildman–Crippen LogP) is 2.97. The topological polar surface area (TPSA) is 29.3 Å². The molecule has 0 unspecified atom stereocenters. The monoisotopic (exact) mass is 258 g/mol. The molecule has 2 nitrogen and oxygen atoms in total. The van der Waals surface area contributed by atoms with E-state index in [9.17, 15) is 0 Å². The Kier molecular flexibility index (Phi) is 3.43. The van der Waals surface area contributed by atoms with Gasteiger partial charge in [-0.2, -0.15) is 11.8 Å². The van der Waals surface area contributed by atoms with Gasteiger partial charge in [0.15, 0.2) is 0 Å². The van der Waals surface area contributed by atoms with Crippen LogP contribution >= 0.6 is 11.8 Å². The van der Waals surface area contributed by atoms with Crippen molar-refractivity contribution in [2.24, 2.45) is 0 Å². The number of benzene rings is 2. The molecule has 18 heavy (non-hydrogen) atoms. The summed E-state index contributed by atoms with van der Waals surface area (Å²) in [5, 5.41) is 2.51. The van der Waals surface area contributed by atoms with E-state index in [1.54, 1.807) is 0 Å². The normalized spacial score (nSPS) is 17.1.